The van der Waals surface area contributed by atoms with Crippen LogP contribution in [0.5, 0.6) is 0 Å². The van der Waals surface area contributed by atoms with E-state index in [1.54, 1.807) is 18.2 Å². The summed E-state index contributed by atoms with van der Waals surface area (Å²) in [5.41, 5.74) is 2.45. The van der Waals surface area contributed by atoms with Crippen molar-refractivity contribution >= 4 is 43.6 Å². The molecule has 1 N–H and O–H groups in total. The first-order chi connectivity index (χ1) is 14.5. The van der Waals surface area contributed by atoms with Crippen LogP contribution < -0.4 is 5.32 Å². The van der Waals surface area contributed by atoms with Gasteiger partial charge in [-0.05, 0) is 55.3 Å². The van der Waals surface area contributed by atoms with Gasteiger partial charge in [-0.25, -0.2) is 8.42 Å². The van der Waals surface area contributed by atoms with E-state index in [0.717, 1.165) is 34.8 Å². The molecule has 2 heterocycles. The van der Waals surface area contributed by atoms with Crippen LogP contribution in [0.15, 0.2) is 76.0 Å². The predicted octanol–water partition coefficient (Wildman–Crippen LogP) is 4.62. The summed E-state index contributed by atoms with van der Waals surface area (Å²) >= 11 is 0. The van der Waals surface area contributed by atoms with Crippen LogP contribution >= 0.6 is 0 Å². The Morgan fingerprint density at radius 2 is 1.63 bits per heavy atom. The summed E-state index contributed by atoms with van der Waals surface area (Å²) in [7, 11) is -3.57. The van der Waals surface area contributed by atoms with Crippen molar-refractivity contribution in [2.75, 3.05) is 18.4 Å². The molecule has 6 nitrogen and oxygen atoms in total. The summed E-state index contributed by atoms with van der Waals surface area (Å²) in [6.07, 6.45) is 1.73. The average Bonchev–Trinajstić information content (AvgIpc) is 3.42. The van der Waals surface area contributed by atoms with E-state index in [2.05, 4.69) is 5.32 Å². The minimum absolute atomic E-state index is 0.147. The molecule has 1 saturated heterocycles. The standard InChI is InChI=1S/C23H20N2O4S/c26-23(16-6-5-7-18(14-16)30(27,28)25-12-3-4-13-25)24-17-10-11-22-20(15-17)19-8-1-2-9-21(19)29-22/h1-2,5-11,14-15H,3-4,12-13H2,(H,24,26). The molecule has 0 aliphatic carbocycles. The first-order valence-electron chi connectivity index (χ1n) is 9.85. The number of fused-ring (bicyclic) bond motifs is 3. The van der Waals surface area contributed by atoms with Crippen LogP contribution in [0.3, 0.4) is 0 Å². The minimum atomic E-state index is -3.57. The highest BCUT2D eigenvalue weighted by Crippen LogP contribution is 2.30. The molecular weight excluding hydrogens is 400 g/mol. The molecule has 1 aromatic heterocycles. The summed E-state index contributed by atoms with van der Waals surface area (Å²) in [5.74, 6) is -0.361. The number of nitrogens with one attached hydrogen (secondary N) is 1. The summed E-state index contributed by atoms with van der Waals surface area (Å²) in [6.45, 7) is 1.05. The molecule has 0 saturated carbocycles. The van der Waals surface area contributed by atoms with Crippen LogP contribution in [0.4, 0.5) is 5.69 Å². The van der Waals surface area contributed by atoms with Crippen molar-refractivity contribution < 1.29 is 17.6 Å². The Kier molecular flexibility index (Phi) is 4.56. The minimum Gasteiger partial charge on any atom is -0.456 e. The molecule has 0 atom stereocenters. The fourth-order valence-electron chi connectivity index (χ4n) is 3.88. The lowest BCUT2D eigenvalue weighted by molar-refractivity contribution is 0.102. The van der Waals surface area contributed by atoms with Crippen molar-refractivity contribution in [1.82, 2.24) is 4.31 Å². The molecule has 4 aromatic rings. The molecule has 3 aromatic carbocycles. The van der Waals surface area contributed by atoms with Crippen molar-refractivity contribution in [3.8, 4) is 0 Å². The molecule has 152 valence electrons. The summed E-state index contributed by atoms with van der Waals surface area (Å²) in [4.78, 5) is 13.0. The van der Waals surface area contributed by atoms with Gasteiger partial charge in [0.05, 0.1) is 4.90 Å². The zero-order valence-electron chi connectivity index (χ0n) is 16.2. The fourth-order valence-corrected chi connectivity index (χ4v) is 5.45. The van der Waals surface area contributed by atoms with E-state index in [1.165, 1.54) is 16.4 Å². The number of rotatable bonds is 4. The number of carbonyl (C=O) groups excluding carboxylic acids is 1. The van der Waals surface area contributed by atoms with Gasteiger partial charge in [0, 0.05) is 35.1 Å². The van der Waals surface area contributed by atoms with Gasteiger partial charge in [-0.1, -0.05) is 24.3 Å². The molecule has 30 heavy (non-hydrogen) atoms. The third-order valence-corrected chi connectivity index (χ3v) is 7.33. The number of para-hydroxylation sites is 1. The number of anilines is 1. The Hall–Kier alpha value is -3.16. The number of benzene rings is 3. The lowest BCUT2D eigenvalue weighted by Crippen LogP contribution is -2.28. The fraction of sp³-hybridized carbons (Fsp3) is 0.174. The zero-order valence-corrected chi connectivity index (χ0v) is 17.0. The molecule has 1 amide bonds. The molecule has 1 aliphatic heterocycles. The molecule has 0 bridgehead atoms. The zero-order chi connectivity index (χ0) is 20.7. The van der Waals surface area contributed by atoms with Crippen molar-refractivity contribution in [2.24, 2.45) is 0 Å². The molecule has 0 spiro atoms. The molecule has 5 rings (SSSR count). The van der Waals surface area contributed by atoms with Gasteiger partial charge in [-0.15, -0.1) is 0 Å². The maximum atomic E-state index is 12.8. The van der Waals surface area contributed by atoms with Crippen LogP contribution in [0.25, 0.3) is 21.9 Å². The second-order valence-electron chi connectivity index (χ2n) is 7.40. The highest BCUT2D eigenvalue weighted by Gasteiger charge is 2.27. The van der Waals surface area contributed by atoms with E-state index in [1.807, 2.05) is 36.4 Å². The molecular formula is C23H20N2O4S. The van der Waals surface area contributed by atoms with Gasteiger partial charge in [0.25, 0.3) is 5.91 Å². The van der Waals surface area contributed by atoms with Crippen molar-refractivity contribution in [1.29, 1.82) is 0 Å². The second kappa shape index (κ2) is 7.27. The van der Waals surface area contributed by atoms with Gasteiger partial charge in [0.1, 0.15) is 11.2 Å². The van der Waals surface area contributed by atoms with E-state index in [-0.39, 0.29) is 10.8 Å². The number of amides is 1. The second-order valence-corrected chi connectivity index (χ2v) is 9.34. The van der Waals surface area contributed by atoms with Gasteiger partial charge in [-0.2, -0.15) is 4.31 Å². The lowest BCUT2D eigenvalue weighted by Gasteiger charge is -2.16. The lowest BCUT2D eigenvalue weighted by atomic mass is 10.1. The van der Waals surface area contributed by atoms with E-state index in [4.69, 9.17) is 4.42 Å². The number of hydrogen-bond donors (Lipinski definition) is 1. The topological polar surface area (TPSA) is 79.6 Å². The Labute approximate surface area is 174 Å². The van der Waals surface area contributed by atoms with Gasteiger partial charge in [-0.3, -0.25) is 4.79 Å². The number of furan rings is 1. The van der Waals surface area contributed by atoms with Gasteiger partial charge in [0.15, 0.2) is 0 Å². The molecule has 0 radical (unpaired) electrons. The number of carbonyl (C=O) groups is 1. The molecule has 0 unspecified atom stereocenters. The SMILES string of the molecule is O=C(Nc1ccc2oc3ccccc3c2c1)c1cccc(S(=O)(=O)N2CCCC2)c1. The van der Waals surface area contributed by atoms with Crippen molar-refractivity contribution in [3.05, 3.63) is 72.3 Å². The maximum absolute atomic E-state index is 12.8. The predicted molar refractivity (Wildman–Crippen MR) is 116 cm³/mol. The molecule has 1 aliphatic rings. The third-order valence-electron chi connectivity index (χ3n) is 5.43. The van der Waals surface area contributed by atoms with Crippen LogP contribution in [-0.2, 0) is 10.0 Å². The van der Waals surface area contributed by atoms with Gasteiger partial charge >= 0.3 is 0 Å². The first-order valence-corrected chi connectivity index (χ1v) is 11.3. The Bertz CT molecular complexity index is 1370. The summed E-state index contributed by atoms with van der Waals surface area (Å²) in [5, 5.41) is 4.75. The quantitative estimate of drug-likeness (QED) is 0.522. The van der Waals surface area contributed by atoms with E-state index < -0.39 is 10.0 Å². The van der Waals surface area contributed by atoms with Crippen LogP contribution in [0.2, 0.25) is 0 Å². The molecule has 1 fully saturated rings. The largest absolute Gasteiger partial charge is 0.456 e. The van der Waals surface area contributed by atoms with E-state index in [0.29, 0.717) is 24.3 Å². The van der Waals surface area contributed by atoms with Crippen LogP contribution in [0, 0.1) is 0 Å². The van der Waals surface area contributed by atoms with E-state index in [9.17, 15) is 13.2 Å². The first kappa shape index (κ1) is 18.8. The van der Waals surface area contributed by atoms with Gasteiger partial charge < -0.3 is 9.73 Å². The third kappa shape index (κ3) is 3.26. The smallest absolute Gasteiger partial charge is 0.255 e. The van der Waals surface area contributed by atoms with Crippen molar-refractivity contribution in [2.45, 2.75) is 17.7 Å². The number of nitrogens with zero attached hydrogens (tertiary/aromatic N) is 1. The average molecular weight is 420 g/mol. The summed E-state index contributed by atoms with van der Waals surface area (Å²) < 4.78 is 32.9. The van der Waals surface area contributed by atoms with E-state index >= 15 is 0 Å². The number of sulfonamides is 1. The van der Waals surface area contributed by atoms with Crippen molar-refractivity contribution in [3.63, 3.8) is 0 Å². The number of hydrogen-bond acceptors (Lipinski definition) is 4. The van der Waals surface area contributed by atoms with Crippen LogP contribution in [0.1, 0.15) is 23.2 Å². The highest BCUT2D eigenvalue weighted by atomic mass is 32.2. The maximum Gasteiger partial charge on any atom is 0.255 e. The Morgan fingerprint density at radius 3 is 2.47 bits per heavy atom. The summed E-state index contributed by atoms with van der Waals surface area (Å²) in [6, 6.07) is 19.4. The monoisotopic (exact) mass is 420 g/mol. The highest BCUT2D eigenvalue weighted by molar-refractivity contribution is 7.89. The normalized spacial score (nSPS) is 15.1. The Balaban J connectivity index is 1.43. The Morgan fingerprint density at radius 1 is 0.867 bits per heavy atom. The van der Waals surface area contributed by atoms with Gasteiger partial charge in [0.2, 0.25) is 10.0 Å². The van der Waals surface area contributed by atoms with Crippen LogP contribution in [-0.4, -0.2) is 31.7 Å². The molecule has 7 heteroatoms.